The molecule has 1 aliphatic rings. The van der Waals surface area contributed by atoms with Gasteiger partial charge >= 0.3 is 5.97 Å². The Bertz CT molecular complexity index is 559. The van der Waals surface area contributed by atoms with E-state index in [0.29, 0.717) is 18.2 Å². The first-order valence-corrected chi connectivity index (χ1v) is 7.54. The Morgan fingerprint density at radius 1 is 1.33 bits per heavy atom. The molecule has 0 atom stereocenters. The second kappa shape index (κ2) is 6.62. The molecule has 1 fully saturated rings. The predicted octanol–water partition coefficient (Wildman–Crippen LogP) is 0.876. The lowest BCUT2D eigenvalue weighted by Crippen LogP contribution is -2.38. The highest BCUT2D eigenvalue weighted by molar-refractivity contribution is 8.00. The molecule has 0 unspecified atom stereocenters. The molecular weight excluding hydrogens is 292 g/mol. The highest BCUT2D eigenvalue weighted by Gasteiger charge is 2.24. The molecule has 21 heavy (non-hydrogen) atoms. The monoisotopic (exact) mass is 308 g/mol. The van der Waals surface area contributed by atoms with Crippen LogP contribution >= 0.6 is 11.8 Å². The summed E-state index contributed by atoms with van der Waals surface area (Å²) >= 11 is 1.50. The van der Waals surface area contributed by atoms with Crippen molar-refractivity contribution >= 4 is 29.5 Å². The first-order valence-electron chi connectivity index (χ1n) is 6.39. The van der Waals surface area contributed by atoms with Crippen LogP contribution in [0.2, 0.25) is 0 Å². The number of nitrogens with zero attached hydrogens (tertiary/aromatic N) is 2. The minimum atomic E-state index is -0.976. The second-order valence-electron chi connectivity index (χ2n) is 4.82. The van der Waals surface area contributed by atoms with Gasteiger partial charge in [-0.2, -0.15) is 0 Å². The van der Waals surface area contributed by atoms with E-state index in [9.17, 15) is 14.4 Å². The summed E-state index contributed by atoms with van der Waals surface area (Å²) in [5.74, 6) is -0.115. The second-order valence-corrected chi connectivity index (χ2v) is 5.78. The Morgan fingerprint density at radius 3 is 2.52 bits per heavy atom. The molecule has 2 amide bonds. The highest BCUT2D eigenvalue weighted by atomic mass is 32.2. The van der Waals surface area contributed by atoms with Crippen molar-refractivity contribution in [1.82, 2.24) is 9.80 Å². The van der Waals surface area contributed by atoms with Gasteiger partial charge in [-0.1, -0.05) is 12.1 Å². The van der Waals surface area contributed by atoms with Crippen molar-refractivity contribution in [3.05, 3.63) is 35.4 Å². The lowest BCUT2D eigenvalue weighted by molar-refractivity contribution is -0.137. The van der Waals surface area contributed by atoms with E-state index >= 15 is 0 Å². The van der Waals surface area contributed by atoms with Gasteiger partial charge in [-0.15, -0.1) is 11.8 Å². The quantitative estimate of drug-likeness (QED) is 0.873. The van der Waals surface area contributed by atoms with Crippen molar-refractivity contribution in [2.45, 2.75) is 6.54 Å². The lowest BCUT2D eigenvalue weighted by atomic mass is 10.1. The van der Waals surface area contributed by atoms with E-state index in [0.717, 1.165) is 5.56 Å². The number of carboxylic acid groups (broad SMARTS) is 1. The van der Waals surface area contributed by atoms with Crippen molar-refractivity contribution in [1.29, 1.82) is 0 Å². The Morgan fingerprint density at radius 2 is 2.00 bits per heavy atom. The fourth-order valence-electron chi connectivity index (χ4n) is 1.94. The summed E-state index contributed by atoms with van der Waals surface area (Å²) in [7, 11) is 1.67. The number of amides is 2. The SMILES string of the molecule is CN(Cc1ccc(C(=O)O)cc1)C(=O)CN1CSCC1=O. The molecule has 7 heteroatoms. The standard InChI is InChI=1S/C14H16N2O4S/c1-15(12(17)7-16-9-21-8-13(16)18)6-10-2-4-11(5-3-10)14(19)20/h2-5H,6-9H2,1H3,(H,19,20). The maximum atomic E-state index is 12.1. The van der Waals surface area contributed by atoms with Gasteiger partial charge in [-0.3, -0.25) is 9.59 Å². The Balaban J connectivity index is 1.90. The average Bonchev–Trinajstić information content (AvgIpc) is 2.84. The van der Waals surface area contributed by atoms with E-state index in [2.05, 4.69) is 0 Å². The molecule has 0 bridgehead atoms. The van der Waals surface area contributed by atoms with Gasteiger partial charge in [0.1, 0.15) is 6.54 Å². The number of carboxylic acids is 1. The van der Waals surface area contributed by atoms with Crippen molar-refractivity contribution < 1.29 is 19.5 Å². The largest absolute Gasteiger partial charge is 0.478 e. The predicted molar refractivity (Wildman–Crippen MR) is 78.9 cm³/mol. The third-order valence-electron chi connectivity index (χ3n) is 3.20. The van der Waals surface area contributed by atoms with Gasteiger partial charge in [-0.05, 0) is 17.7 Å². The topological polar surface area (TPSA) is 77.9 Å². The van der Waals surface area contributed by atoms with Crippen LogP contribution in [-0.4, -0.2) is 57.9 Å². The van der Waals surface area contributed by atoms with E-state index in [4.69, 9.17) is 5.11 Å². The maximum Gasteiger partial charge on any atom is 0.335 e. The molecule has 1 aromatic carbocycles. The Kier molecular flexibility index (Phi) is 4.85. The summed E-state index contributed by atoms with van der Waals surface area (Å²) in [6.45, 7) is 0.476. The number of hydrogen-bond donors (Lipinski definition) is 1. The van der Waals surface area contributed by atoms with E-state index < -0.39 is 5.97 Å². The van der Waals surface area contributed by atoms with E-state index in [-0.39, 0.29) is 23.9 Å². The molecule has 0 aliphatic carbocycles. The molecule has 1 heterocycles. The third kappa shape index (κ3) is 3.98. The number of aromatic carboxylic acids is 1. The zero-order chi connectivity index (χ0) is 15.4. The van der Waals surface area contributed by atoms with Gasteiger partial charge in [0.05, 0.1) is 17.2 Å². The van der Waals surface area contributed by atoms with Gasteiger partial charge in [0.2, 0.25) is 11.8 Å². The van der Waals surface area contributed by atoms with Crippen LogP contribution in [0.1, 0.15) is 15.9 Å². The molecule has 0 spiro atoms. The fourth-order valence-corrected chi connectivity index (χ4v) is 2.84. The van der Waals surface area contributed by atoms with Crippen molar-refractivity contribution in [3.8, 4) is 0 Å². The zero-order valence-corrected chi connectivity index (χ0v) is 12.4. The van der Waals surface area contributed by atoms with E-state index in [1.54, 1.807) is 19.2 Å². The summed E-state index contributed by atoms with van der Waals surface area (Å²) in [6.07, 6.45) is 0. The van der Waals surface area contributed by atoms with Crippen LogP contribution in [-0.2, 0) is 16.1 Å². The summed E-state index contributed by atoms with van der Waals surface area (Å²) in [4.78, 5) is 37.4. The molecule has 6 nitrogen and oxygen atoms in total. The van der Waals surface area contributed by atoms with Crippen LogP contribution in [0, 0.1) is 0 Å². The maximum absolute atomic E-state index is 12.1. The van der Waals surface area contributed by atoms with Gasteiger partial charge in [0.15, 0.2) is 0 Å². The number of thioether (sulfide) groups is 1. The number of benzene rings is 1. The molecule has 112 valence electrons. The van der Waals surface area contributed by atoms with Gasteiger partial charge in [0.25, 0.3) is 0 Å². The summed E-state index contributed by atoms with van der Waals surface area (Å²) in [5, 5.41) is 8.83. The number of carbonyl (C=O) groups excluding carboxylic acids is 2. The van der Waals surface area contributed by atoms with Gasteiger partial charge in [0, 0.05) is 13.6 Å². The minimum absolute atomic E-state index is 0.00689. The molecule has 1 aromatic rings. The molecule has 1 N–H and O–H groups in total. The molecule has 2 rings (SSSR count). The van der Waals surface area contributed by atoms with Crippen LogP contribution in [0.25, 0.3) is 0 Å². The van der Waals surface area contributed by atoms with Crippen molar-refractivity contribution in [3.63, 3.8) is 0 Å². The first kappa shape index (κ1) is 15.4. The van der Waals surface area contributed by atoms with Gasteiger partial charge < -0.3 is 14.9 Å². The van der Waals surface area contributed by atoms with Gasteiger partial charge in [-0.25, -0.2) is 4.79 Å². The van der Waals surface area contributed by atoms with Crippen molar-refractivity contribution in [2.24, 2.45) is 0 Å². The molecular formula is C14H16N2O4S. The molecule has 1 aliphatic heterocycles. The average molecular weight is 308 g/mol. The third-order valence-corrected chi connectivity index (χ3v) is 4.14. The number of rotatable bonds is 5. The normalized spacial score (nSPS) is 14.3. The minimum Gasteiger partial charge on any atom is -0.478 e. The van der Waals surface area contributed by atoms with Crippen LogP contribution in [0.5, 0.6) is 0 Å². The number of likely N-dealkylation sites (N-methyl/N-ethyl adjacent to an activating group) is 1. The van der Waals surface area contributed by atoms with Crippen LogP contribution in [0.4, 0.5) is 0 Å². The molecule has 1 saturated heterocycles. The van der Waals surface area contributed by atoms with E-state index in [1.165, 1.54) is 33.7 Å². The lowest BCUT2D eigenvalue weighted by Gasteiger charge is -2.21. The smallest absolute Gasteiger partial charge is 0.335 e. The highest BCUT2D eigenvalue weighted by Crippen LogP contribution is 2.15. The molecule has 0 saturated carbocycles. The van der Waals surface area contributed by atoms with Crippen LogP contribution in [0.3, 0.4) is 0 Å². The molecule has 0 aromatic heterocycles. The van der Waals surface area contributed by atoms with E-state index in [1.807, 2.05) is 0 Å². The first-order chi connectivity index (χ1) is 9.97. The summed E-state index contributed by atoms with van der Waals surface area (Å²) < 4.78 is 0. The van der Waals surface area contributed by atoms with Crippen LogP contribution < -0.4 is 0 Å². The Labute approximate surface area is 126 Å². The van der Waals surface area contributed by atoms with Crippen LogP contribution in [0.15, 0.2) is 24.3 Å². The number of hydrogen-bond acceptors (Lipinski definition) is 4. The fraction of sp³-hybridized carbons (Fsp3) is 0.357. The summed E-state index contributed by atoms with van der Waals surface area (Å²) in [6, 6.07) is 6.39. The van der Waals surface area contributed by atoms with Crippen molar-refractivity contribution in [2.75, 3.05) is 25.2 Å². The molecule has 0 radical (unpaired) electrons. The zero-order valence-electron chi connectivity index (χ0n) is 11.6. The number of carbonyl (C=O) groups is 3. The summed E-state index contributed by atoms with van der Waals surface area (Å²) in [5.41, 5.74) is 1.06. The Hall–Kier alpha value is -2.02.